The van der Waals surface area contributed by atoms with E-state index < -0.39 is 0 Å². The third-order valence-corrected chi connectivity index (χ3v) is 2.91. The predicted octanol–water partition coefficient (Wildman–Crippen LogP) is 2.48. The van der Waals surface area contributed by atoms with Gasteiger partial charge in [0.25, 0.3) is 0 Å². The van der Waals surface area contributed by atoms with Crippen molar-refractivity contribution >= 4 is 29.1 Å². The topological polar surface area (TPSA) is 66.5 Å². The molecule has 2 aromatic heterocycles. The highest BCUT2D eigenvalue weighted by Crippen LogP contribution is 2.24. The second-order valence-corrected chi connectivity index (χ2v) is 3.87. The van der Waals surface area contributed by atoms with Crippen molar-refractivity contribution < 1.29 is 0 Å². The van der Waals surface area contributed by atoms with Crippen molar-refractivity contribution in [3.63, 3.8) is 0 Å². The highest BCUT2D eigenvalue weighted by atomic mass is 35.5. The van der Waals surface area contributed by atoms with E-state index in [1.807, 2.05) is 0 Å². The molecule has 2 rings (SSSR count). The number of rotatable bonds is 4. The lowest BCUT2D eigenvalue weighted by Gasteiger charge is -2.13. The molecule has 2 N–H and O–H groups in total. The number of anilines is 1. The summed E-state index contributed by atoms with van der Waals surface area (Å²) in [5.41, 5.74) is 0. The summed E-state index contributed by atoms with van der Waals surface area (Å²) < 4.78 is 7.95. The van der Waals surface area contributed by atoms with Crippen LogP contribution in [0.25, 0.3) is 0 Å². The molecule has 5 nitrogen and oxygen atoms in total. The van der Waals surface area contributed by atoms with Gasteiger partial charge in [0.15, 0.2) is 11.0 Å². The van der Waals surface area contributed by atoms with Gasteiger partial charge in [-0.2, -0.15) is 8.75 Å². The molecule has 15 heavy (non-hydrogen) atoms. The van der Waals surface area contributed by atoms with E-state index in [9.17, 15) is 0 Å². The van der Waals surface area contributed by atoms with E-state index in [4.69, 9.17) is 11.6 Å². The van der Waals surface area contributed by atoms with E-state index >= 15 is 0 Å². The maximum absolute atomic E-state index is 5.85. The van der Waals surface area contributed by atoms with Crippen molar-refractivity contribution in [3.8, 4) is 0 Å². The summed E-state index contributed by atoms with van der Waals surface area (Å²) in [6.45, 7) is 2.06. The van der Waals surface area contributed by atoms with Crippen LogP contribution in [0.4, 0.5) is 5.82 Å². The standard InChI is InChI=1S/C8H10ClN5S/c1-2-5(7-10-3-4-11-7)12-8-6(9)13-15-14-8/h3-5H,2H2,1H3,(H,10,11)(H,12,14). The summed E-state index contributed by atoms with van der Waals surface area (Å²) in [6.07, 6.45) is 4.41. The normalized spacial score (nSPS) is 12.7. The van der Waals surface area contributed by atoms with Gasteiger partial charge in [0.2, 0.25) is 0 Å². The predicted molar refractivity (Wildman–Crippen MR) is 60.2 cm³/mol. The zero-order chi connectivity index (χ0) is 10.7. The van der Waals surface area contributed by atoms with E-state index in [1.165, 1.54) is 0 Å². The van der Waals surface area contributed by atoms with Crippen molar-refractivity contribution in [2.45, 2.75) is 19.4 Å². The Hall–Kier alpha value is -1.14. The van der Waals surface area contributed by atoms with Crippen molar-refractivity contribution in [1.29, 1.82) is 0 Å². The number of aromatic nitrogens is 4. The number of halogens is 1. The SMILES string of the molecule is CCC(Nc1nsnc1Cl)c1ncc[nH]1. The molecule has 0 spiro atoms. The number of H-pyrrole nitrogens is 1. The van der Waals surface area contributed by atoms with E-state index in [0.717, 1.165) is 24.0 Å². The van der Waals surface area contributed by atoms with Gasteiger partial charge in [-0.15, -0.1) is 0 Å². The molecule has 2 aromatic rings. The van der Waals surface area contributed by atoms with Gasteiger partial charge in [0.05, 0.1) is 17.8 Å². The van der Waals surface area contributed by atoms with Crippen LogP contribution in [-0.4, -0.2) is 18.7 Å². The van der Waals surface area contributed by atoms with Crippen LogP contribution in [0.1, 0.15) is 25.2 Å². The number of aromatic amines is 1. The first-order valence-electron chi connectivity index (χ1n) is 4.55. The van der Waals surface area contributed by atoms with Gasteiger partial charge in [-0.05, 0) is 6.42 Å². The molecule has 0 radical (unpaired) electrons. The van der Waals surface area contributed by atoms with E-state index in [2.05, 4.69) is 31.0 Å². The van der Waals surface area contributed by atoms with Crippen LogP contribution >= 0.6 is 23.3 Å². The molecule has 0 fully saturated rings. The fourth-order valence-electron chi connectivity index (χ4n) is 1.26. The fraction of sp³-hybridized carbons (Fsp3) is 0.375. The highest BCUT2D eigenvalue weighted by molar-refractivity contribution is 6.99. The zero-order valence-electron chi connectivity index (χ0n) is 8.07. The second kappa shape index (κ2) is 4.59. The third kappa shape index (κ3) is 2.27. The molecule has 0 amide bonds. The van der Waals surface area contributed by atoms with Crippen LogP contribution in [-0.2, 0) is 0 Å². The highest BCUT2D eigenvalue weighted by Gasteiger charge is 2.14. The molecular formula is C8H10ClN5S. The van der Waals surface area contributed by atoms with Crippen LogP contribution in [0.2, 0.25) is 5.15 Å². The molecular weight excluding hydrogens is 234 g/mol. The zero-order valence-corrected chi connectivity index (χ0v) is 9.64. The third-order valence-electron chi connectivity index (χ3n) is 2.02. The van der Waals surface area contributed by atoms with Gasteiger partial charge in [-0.1, -0.05) is 18.5 Å². The number of hydrogen-bond donors (Lipinski definition) is 2. The van der Waals surface area contributed by atoms with Crippen molar-refractivity contribution in [3.05, 3.63) is 23.4 Å². The summed E-state index contributed by atoms with van der Waals surface area (Å²) in [7, 11) is 0. The molecule has 0 bridgehead atoms. The average Bonchev–Trinajstić information content (AvgIpc) is 2.86. The first kappa shape index (κ1) is 10.4. The lowest BCUT2D eigenvalue weighted by molar-refractivity contribution is 0.701. The largest absolute Gasteiger partial charge is 0.357 e. The fourth-order valence-corrected chi connectivity index (χ4v) is 1.92. The van der Waals surface area contributed by atoms with Gasteiger partial charge < -0.3 is 10.3 Å². The number of imidazole rings is 1. The minimum atomic E-state index is 0.0846. The van der Waals surface area contributed by atoms with Gasteiger partial charge >= 0.3 is 0 Å². The Morgan fingerprint density at radius 3 is 3.00 bits per heavy atom. The number of hydrogen-bond acceptors (Lipinski definition) is 5. The minimum absolute atomic E-state index is 0.0846. The summed E-state index contributed by atoms with van der Waals surface area (Å²) in [4.78, 5) is 7.25. The summed E-state index contributed by atoms with van der Waals surface area (Å²) in [6, 6.07) is 0.0846. The molecule has 0 saturated carbocycles. The second-order valence-electron chi connectivity index (χ2n) is 2.98. The van der Waals surface area contributed by atoms with E-state index in [-0.39, 0.29) is 6.04 Å². The lowest BCUT2D eigenvalue weighted by atomic mass is 10.2. The van der Waals surface area contributed by atoms with E-state index in [1.54, 1.807) is 12.4 Å². The molecule has 0 aliphatic heterocycles. The maximum atomic E-state index is 5.85. The lowest BCUT2D eigenvalue weighted by Crippen LogP contribution is -2.11. The summed E-state index contributed by atoms with van der Waals surface area (Å²) >= 11 is 6.94. The molecule has 7 heteroatoms. The summed E-state index contributed by atoms with van der Waals surface area (Å²) in [5, 5.41) is 3.60. The molecule has 1 unspecified atom stereocenters. The van der Waals surface area contributed by atoms with Crippen LogP contribution < -0.4 is 5.32 Å². The number of nitrogens with zero attached hydrogens (tertiary/aromatic N) is 3. The Kier molecular flexibility index (Phi) is 3.17. The minimum Gasteiger partial charge on any atom is -0.357 e. The van der Waals surface area contributed by atoms with Gasteiger partial charge in [0.1, 0.15) is 5.82 Å². The first-order chi connectivity index (χ1) is 7.31. The average molecular weight is 244 g/mol. The van der Waals surface area contributed by atoms with Crippen LogP contribution in [0.3, 0.4) is 0 Å². The number of nitrogens with one attached hydrogen (secondary N) is 2. The maximum Gasteiger partial charge on any atom is 0.186 e. The van der Waals surface area contributed by atoms with Crippen molar-refractivity contribution in [1.82, 2.24) is 18.7 Å². The molecule has 2 heterocycles. The quantitative estimate of drug-likeness (QED) is 0.866. The van der Waals surface area contributed by atoms with Gasteiger partial charge in [-0.25, -0.2) is 4.98 Å². The summed E-state index contributed by atoms with van der Waals surface area (Å²) in [5.74, 6) is 1.49. The monoisotopic (exact) mass is 243 g/mol. The molecule has 1 atom stereocenters. The van der Waals surface area contributed by atoms with Crippen LogP contribution in [0.15, 0.2) is 12.4 Å². The van der Waals surface area contributed by atoms with E-state index in [0.29, 0.717) is 11.0 Å². The smallest absolute Gasteiger partial charge is 0.186 e. The first-order valence-corrected chi connectivity index (χ1v) is 5.66. The Morgan fingerprint density at radius 2 is 2.47 bits per heavy atom. The molecule has 0 aliphatic carbocycles. The van der Waals surface area contributed by atoms with Gasteiger partial charge in [0, 0.05) is 12.4 Å². The molecule has 0 aliphatic rings. The molecule has 80 valence electrons. The Balaban J connectivity index is 2.13. The Labute approximate surface area is 96.2 Å². The molecule has 0 saturated heterocycles. The van der Waals surface area contributed by atoms with Crippen molar-refractivity contribution in [2.24, 2.45) is 0 Å². The Bertz CT molecular complexity index is 412. The van der Waals surface area contributed by atoms with Gasteiger partial charge in [-0.3, -0.25) is 0 Å². The van der Waals surface area contributed by atoms with Crippen LogP contribution in [0.5, 0.6) is 0 Å². The van der Waals surface area contributed by atoms with Crippen LogP contribution in [0, 0.1) is 0 Å². The Morgan fingerprint density at radius 1 is 1.60 bits per heavy atom. The molecule has 0 aromatic carbocycles. The van der Waals surface area contributed by atoms with Crippen molar-refractivity contribution in [2.75, 3.05) is 5.32 Å².